The van der Waals surface area contributed by atoms with Crippen molar-refractivity contribution in [2.45, 2.75) is 38.1 Å². The molecule has 1 saturated carbocycles. The normalized spacial score (nSPS) is 26.3. The zero-order valence-corrected chi connectivity index (χ0v) is 12.9. The summed E-state index contributed by atoms with van der Waals surface area (Å²) in [6.07, 6.45) is 3.83. The van der Waals surface area contributed by atoms with E-state index in [2.05, 4.69) is 12.2 Å². The number of alkyl halides is 1. The van der Waals surface area contributed by atoms with Gasteiger partial charge in [-0.3, -0.25) is 4.79 Å². The maximum Gasteiger partial charge on any atom is 0.254 e. The molecular weight excluding hydrogens is 300 g/mol. The minimum absolute atomic E-state index is 0.0112. The van der Waals surface area contributed by atoms with Crippen LogP contribution in [0, 0.1) is 11.7 Å². The molecule has 0 radical (unpaired) electrons. The molecule has 0 aromatic heterocycles. The lowest BCUT2D eigenvalue weighted by atomic mass is 9.77. The van der Waals surface area contributed by atoms with Gasteiger partial charge in [0.15, 0.2) is 0 Å². The Morgan fingerprint density at radius 1 is 1.55 bits per heavy atom. The van der Waals surface area contributed by atoms with Crippen LogP contribution in [0.5, 0.6) is 0 Å². The topological polar surface area (TPSA) is 29.1 Å². The molecule has 1 aliphatic rings. The molecule has 1 amide bonds. The standard InChI is InChI=1S/C15H18Cl2FNO/c1-10-3-2-6-15(8-10,9-16)19-14(20)12-5-4-11(17)7-13(12)18/h4-5,7,10H,2-3,6,8-9H2,1H3,(H,19,20). The summed E-state index contributed by atoms with van der Waals surface area (Å²) in [6.45, 7) is 2.15. The van der Waals surface area contributed by atoms with Gasteiger partial charge < -0.3 is 5.32 Å². The van der Waals surface area contributed by atoms with Crippen LogP contribution >= 0.6 is 23.2 Å². The Labute approximate surface area is 128 Å². The molecular formula is C15H18Cl2FNO. The number of halogens is 3. The third kappa shape index (κ3) is 3.44. The van der Waals surface area contributed by atoms with Gasteiger partial charge in [-0.25, -0.2) is 4.39 Å². The monoisotopic (exact) mass is 317 g/mol. The molecule has 0 aliphatic heterocycles. The molecule has 1 N–H and O–H groups in total. The highest BCUT2D eigenvalue weighted by Gasteiger charge is 2.36. The Bertz CT molecular complexity index is 509. The highest BCUT2D eigenvalue weighted by atomic mass is 35.5. The minimum atomic E-state index is -0.608. The van der Waals surface area contributed by atoms with Gasteiger partial charge in [0.2, 0.25) is 0 Å². The summed E-state index contributed by atoms with van der Waals surface area (Å²) in [5, 5.41) is 3.21. The van der Waals surface area contributed by atoms with Gasteiger partial charge in [0.1, 0.15) is 5.82 Å². The van der Waals surface area contributed by atoms with Crippen molar-refractivity contribution in [3.8, 4) is 0 Å². The van der Waals surface area contributed by atoms with E-state index in [1.165, 1.54) is 12.1 Å². The fraction of sp³-hybridized carbons (Fsp3) is 0.533. The molecule has 110 valence electrons. The first-order chi connectivity index (χ1) is 9.46. The van der Waals surface area contributed by atoms with Crippen LogP contribution in [0.15, 0.2) is 18.2 Å². The zero-order valence-electron chi connectivity index (χ0n) is 11.4. The first-order valence-corrected chi connectivity index (χ1v) is 7.70. The van der Waals surface area contributed by atoms with Gasteiger partial charge in [-0.05, 0) is 37.0 Å². The molecule has 2 unspecified atom stereocenters. The number of hydrogen-bond donors (Lipinski definition) is 1. The first-order valence-electron chi connectivity index (χ1n) is 6.79. The van der Waals surface area contributed by atoms with Crippen LogP contribution in [-0.2, 0) is 0 Å². The lowest BCUT2D eigenvalue weighted by Crippen LogP contribution is -2.52. The molecule has 1 aromatic carbocycles. The first kappa shape index (κ1) is 15.6. The van der Waals surface area contributed by atoms with Gasteiger partial charge in [-0.2, -0.15) is 0 Å². The lowest BCUT2D eigenvalue weighted by Gasteiger charge is -2.39. The summed E-state index contributed by atoms with van der Waals surface area (Å²) in [5.41, 5.74) is -0.417. The second kappa shape index (κ2) is 6.31. The second-order valence-corrected chi connectivity index (χ2v) is 6.40. The van der Waals surface area contributed by atoms with Crippen LogP contribution in [0.25, 0.3) is 0 Å². The van der Waals surface area contributed by atoms with Gasteiger partial charge in [0, 0.05) is 10.9 Å². The van der Waals surface area contributed by atoms with E-state index in [4.69, 9.17) is 23.2 Å². The smallest absolute Gasteiger partial charge is 0.254 e. The van der Waals surface area contributed by atoms with Crippen LogP contribution in [0.3, 0.4) is 0 Å². The average Bonchev–Trinajstić information content (AvgIpc) is 2.38. The van der Waals surface area contributed by atoms with Crippen molar-refractivity contribution in [3.63, 3.8) is 0 Å². The Morgan fingerprint density at radius 2 is 2.30 bits per heavy atom. The quantitative estimate of drug-likeness (QED) is 0.823. The predicted octanol–water partition coefficient (Wildman–Crippen LogP) is 4.40. The van der Waals surface area contributed by atoms with E-state index < -0.39 is 17.3 Å². The Hall–Kier alpha value is -0.800. The number of benzene rings is 1. The minimum Gasteiger partial charge on any atom is -0.345 e. The Kier molecular flexibility index (Phi) is 4.92. The number of amides is 1. The summed E-state index contributed by atoms with van der Waals surface area (Å²) in [5.74, 6) is -0.173. The molecule has 2 nitrogen and oxygen atoms in total. The molecule has 0 heterocycles. The van der Waals surface area contributed by atoms with Crippen LogP contribution in [0.2, 0.25) is 5.02 Å². The average molecular weight is 318 g/mol. The van der Waals surface area contributed by atoms with Crippen LogP contribution in [-0.4, -0.2) is 17.3 Å². The molecule has 1 aliphatic carbocycles. The van der Waals surface area contributed by atoms with Crippen LogP contribution in [0.1, 0.15) is 43.0 Å². The van der Waals surface area contributed by atoms with E-state index in [-0.39, 0.29) is 10.6 Å². The van der Waals surface area contributed by atoms with Crippen molar-refractivity contribution in [1.82, 2.24) is 5.32 Å². The van der Waals surface area contributed by atoms with E-state index in [1.54, 1.807) is 0 Å². The van der Waals surface area contributed by atoms with Crippen LogP contribution in [0.4, 0.5) is 4.39 Å². The van der Waals surface area contributed by atoms with Crippen molar-refractivity contribution in [1.29, 1.82) is 0 Å². The van der Waals surface area contributed by atoms with Gasteiger partial charge in [0.05, 0.1) is 11.1 Å². The Balaban J connectivity index is 2.16. The zero-order chi connectivity index (χ0) is 14.8. The SMILES string of the molecule is CC1CCCC(CCl)(NC(=O)c2ccc(Cl)cc2F)C1. The summed E-state index contributed by atoms with van der Waals surface area (Å²) >= 11 is 11.8. The maximum absolute atomic E-state index is 13.8. The lowest BCUT2D eigenvalue weighted by molar-refractivity contribution is 0.0863. The largest absolute Gasteiger partial charge is 0.345 e. The van der Waals surface area contributed by atoms with Gasteiger partial charge in [-0.15, -0.1) is 11.6 Å². The summed E-state index contributed by atoms with van der Waals surface area (Å²) in [7, 11) is 0. The summed E-state index contributed by atoms with van der Waals surface area (Å²) in [4.78, 5) is 12.3. The second-order valence-electron chi connectivity index (χ2n) is 5.69. The molecule has 1 aromatic rings. The summed E-state index contributed by atoms with van der Waals surface area (Å²) in [6, 6.07) is 4.06. The third-order valence-corrected chi connectivity index (χ3v) is 4.65. The van der Waals surface area contributed by atoms with E-state index in [9.17, 15) is 9.18 Å². The van der Waals surface area contributed by atoms with Gasteiger partial charge in [0.25, 0.3) is 5.91 Å². The molecule has 5 heteroatoms. The van der Waals surface area contributed by atoms with E-state index >= 15 is 0 Å². The number of hydrogen-bond acceptors (Lipinski definition) is 1. The number of nitrogens with one attached hydrogen (secondary N) is 1. The molecule has 0 spiro atoms. The van der Waals surface area contributed by atoms with Gasteiger partial charge >= 0.3 is 0 Å². The van der Waals surface area contributed by atoms with Crippen molar-refractivity contribution >= 4 is 29.1 Å². The van der Waals surface area contributed by atoms with Crippen LogP contribution < -0.4 is 5.32 Å². The number of carbonyl (C=O) groups excluding carboxylic acids is 1. The fourth-order valence-corrected chi connectivity index (χ4v) is 3.38. The molecule has 0 saturated heterocycles. The number of rotatable bonds is 3. The predicted molar refractivity (Wildman–Crippen MR) is 80.0 cm³/mol. The highest BCUT2D eigenvalue weighted by Crippen LogP contribution is 2.33. The molecule has 2 atom stereocenters. The van der Waals surface area contributed by atoms with E-state index in [1.807, 2.05) is 0 Å². The van der Waals surface area contributed by atoms with Crippen molar-refractivity contribution < 1.29 is 9.18 Å². The fourth-order valence-electron chi connectivity index (χ4n) is 2.91. The van der Waals surface area contributed by atoms with Crippen molar-refractivity contribution in [2.24, 2.45) is 5.92 Å². The molecule has 20 heavy (non-hydrogen) atoms. The third-order valence-electron chi connectivity index (χ3n) is 3.90. The van der Waals surface area contributed by atoms with Crippen molar-refractivity contribution in [2.75, 3.05) is 5.88 Å². The Morgan fingerprint density at radius 3 is 2.90 bits per heavy atom. The molecule has 1 fully saturated rings. The van der Waals surface area contributed by atoms with E-state index in [0.717, 1.165) is 31.7 Å². The van der Waals surface area contributed by atoms with Crippen molar-refractivity contribution in [3.05, 3.63) is 34.6 Å². The molecule has 2 rings (SSSR count). The molecule has 0 bridgehead atoms. The number of carbonyl (C=O) groups is 1. The highest BCUT2D eigenvalue weighted by molar-refractivity contribution is 6.30. The maximum atomic E-state index is 13.8. The summed E-state index contributed by atoms with van der Waals surface area (Å²) < 4.78 is 13.8. The van der Waals surface area contributed by atoms with Gasteiger partial charge in [-0.1, -0.05) is 31.4 Å². The van der Waals surface area contributed by atoms with E-state index in [0.29, 0.717) is 11.8 Å².